The minimum absolute atomic E-state index is 0.216. The Morgan fingerprint density at radius 3 is 3.11 bits per heavy atom. The van der Waals surface area contributed by atoms with Crippen molar-refractivity contribution in [3.63, 3.8) is 0 Å². The third-order valence-electron chi connectivity index (χ3n) is 3.67. The summed E-state index contributed by atoms with van der Waals surface area (Å²) < 4.78 is 21.1. The maximum atomic E-state index is 13.5. The lowest BCUT2D eigenvalue weighted by molar-refractivity contribution is 0.00633. The number of nitrogens with zero attached hydrogens (tertiary/aromatic N) is 2. The van der Waals surface area contributed by atoms with E-state index in [1.54, 1.807) is 12.1 Å². The lowest BCUT2D eigenvalue weighted by Gasteiger charge is -2.29. The molecule has 0 aliphatic carbocycles. The molecule has 2 unspecified atom stereocenters. The standard InChI is InChI=1S/C14H16ClFN2O/c1-9-6-11(4-5-19-9)18-13-7-10(16)2-3-12(13)17-14(18)8-15/h2-3,7,9,11H,4-6,8H2,1H3. The highest BCUT2D eigenvalue weighted by Gasteiger charge is 2.24. The summed E-state index contributed by atoms with van der Waals surface area (Å²) in [5.74, 6) is 0.901. The molecule has 3 nitrogen and oxygen atoms in total. The molecule has 0 N–H and O–H groups in total. The molecular formula is C14H16ClFN2O. The molecule has 2 heterocycles. The number of hydrogen-bond acceptors (Lipinski definition) is 2. The van der Waals surface area contributed by atoms with Crippen LogP contribution in [0.4, 0.5) is 4.39 Å². The van der Waals surface area contributed by atoms with Crippen molar-refractivity contribution >= 4 is 22.6 Å². The zero-order valence-electron chi connectivity index (χ0n) is 10.8. The van der Waals surface area contributed by atoms with Crippen LogP contribution in [0.25, 0.3) is 11.0 Å². The molecule has 3 rings (SSSR count). The second-order valence-electron chi connectivity index (χ2n) is 5.02. The van der Waals surface area contributed by atoms with E-state index in [1.165, 1.54) is 6.07 Å². The average Bonchev–Trinajstić information content (AvgIpc) is 2.76. The normalized spacial score (nSPS) is 23.9. The van der Waals surface area contributed by atoms with Gasteiger partial charge in [0.05, 0.1) is 23.0 Å². The van der Waals surface area contributed by atoms with Gasteiger partial charge < -0.3 is 9.30 Å². The summed E-state index contributed by atoms with van der Waals surface area (Å²) in [6.07, 6.45) is 2.04. The first-order chi connectivity index (χ1) is 9.19. The summed E-state index contributed by atoms with van der Waals surface area (Å²) in [6.45, 7) is 2.79. The molecule has 0 saturated carbocycles. The fourth-order valence-electron chi connectivity index (χ4n) is 2.83. The third kappa shape index (κ3) is 2.35. The van der Waals surface area contributed by atoms with Crippen LogP contribution in [0.5, 0.6) is 0 Å². The molecule has 102 valence electrons. The Labute approximate surface area is 116 Å². The Balaban J connectivity index is 2.11. The molecule has 1 aliphatic heterocycles. The first-order valence-electron chi connectivity index (χ1n) is 6.53. The van der Waals surface area contributed by atoms with Crippen molar-refractivity contribution in [1.82, 2.24) is 9.55 Å². The highest BCUT2D eigenvalue weighted by Crippen LogP contribution is 2.31. The van der Waals surface area contributed by atoms with Crippen LogP contribution in [-0.4, -0.2) is 22.3 Å². The first-order valence-corrected chi connectivity index (χ1v) is 7.06. The van der Waals surface area contributed by atoms with Gasteiger partial charge >= 0.3 is 0 Å². The molecule has 1 saturated heterocycles. The zero-order chi connectivity index (χ0) is 13.4. The minimum atomic E-state index is -0.241. The molecule has 5 heteroatoms. The molecular weight excluding hydrogens is 267 g/mol. The van der Waals surface area contributed by atoms with Gasteiger partial charge in [0.1, 0.15) is 11.6 Å². The van der Waals surface area contributed by atoms with E-state index in [9.17, 15) is 4.39 Å². The van der Waals surface area contributed by atoms with Crippen molar-refractivity contribution in [1.29, 1.82) is 0 Å². The molecule has 0 spiro atoms. The Morgan fingerprint density at radius 1 is 1.53 bits per heavy atom. The minimum Gasteiger partial charge on any atom is -0.378 e. The van der Waals surface area contributed by atoms with Gasteiger partial charge in [0.2, 0.25) is 0 Å². The molecule has 1 fully saturated rings. The molecule has 2 aromatic rings. The van der Waals surface area contributed by atoms with Gasteiger partial charge in [-0.3, -0.25) is 0 Å². The summed E-state index contributed by atoms with van der Waals surface area (Å²) in [6, 6.07) is 4.97. The van der Waals surface area contributed by atoms with Crippen LogP contribution >= 0.6 is 11.6 Å². The van der Waals surface area contributed by atoms with Crippen LogP contribution < -0.4 is 0 Å². The number of alkyl halides is 1. The summed E-state index contributed by atoms with van der Waals surface area (Å²) in [7, 11) is 0. The topological polar surface area (TPSA) is 27.1 Å². The van der Waals surface area contributed by atoms with E-state index in [0.29, 0.717) is 5.88 Å². The van der Waals surface area contributed by atoms with Crippen LogP contribution in [0, 0.1) is 5.82 Å². The fraction of sp³-hybridized carbons (Fsp3) is 0.500. The molecule has 1 aromatic carbocycles. The van der Waals surface area contributed by atoms with Crippen molar-refractivity contribution in [3.8, 4) is 0 Å². The quantitative estimate of drug-likeness (QED) is 0.786. The zero-order valence-corrected chi connectivity index (χ0v) is 11.5. The van der Waals surface area contributed by atoms with Crippen LogP contribution in [-0.2, 0) is 10.6 Å². The van der Waals surface area contributed by atoms with E-state index in [-0.39, 0.29) is 18.0 Å². The third-order valence-corrected chi connectivity index (χ3v) is 3.91. The van der Waals surface area contributed by atoms with Crippen molar-refractivity contribution in [3.05, 3.63) is 29.8 Å². The van der Waals surface area contributed by atoms with Crippen molar-refractivity contribution in [2.45, 2.75) is 37.8 Å². The number of benzene rings is 1. The number of imidazole rings is 1. The predicted molar refractivity (Wildman–Crippen MR) is 72.9 cm³/mol. The van der Waals surface area contributed by atoms with Crippen LogP contribution in [0.1, 0.15) is 31.6 Å². The number of hydrogen-bond donors (Lipinski definition) is 0. The summed E-state index contributed by atoms with van der Waals surface area (Å²) in [5.41, 5.74) is 1.63. The van der Waals surface area contributed by atoms with Crippen molar-refractivity contribution in [2.24, 2.45) is 0 Å². The molecule has 0 radical (unpaired) electrons. The lowest BCUT2D eigenvalue weighted by atomic mass is 10.0. The summed E-state index contributed by atoms with van der Waals surface area (Å²) in [5, 5.41) is 0. The smallest absolute Gasteiger partial charge is 0.125 e. The summed E-state index contributed by atoms with van der Waals surface area (Å²) in [4.78, 5) is 4.50. The number of aromatic nitrogens is 2. The maximum absolute atomic E-state index is 13.5. The maximum Gasteiger partial charge on any atom is 0.125 e. The number of fused-ring (bicyclic) bond motifs is 1. The number of halogens is 2. The first kappa shape index (κ1) is 12.9. The molecule has 19 heavy (non-hydrogen) atoms. The van der Waals surface area contributed by atoms with E-state index in [2.05, 4.69) is 16.5 Å². The molecule has 0 bridgehead atoms. The van der Waals surface area contributed by atoms with E-state index in [4.69, 9.17) is 16.3 Å². The largest absolute Gasteiger partial charge is 0.378 e. The second-order valence-corrected chi connectivity index (χ2v) is 5.29. The number of rotatable bonds is 2. The highest BCUT2D eigenvalue weighted by molar-refractivity contribution is 6.16. The highest BCUT2D eigenvalue weighted by atomic mass is 35.5. The molecule has 1 aromatic heterocycles. The van der Waals surface area contributed by atoms with Gasteiger partial charge in [-0.25, -0.2) is 9.37 Å². The molecule has 0 amide bonds. The van der Waals surface area contributed by atoms with E-state index in [1.807, 2.05) is 0 Å². The van der Waals surface area contributed by atoms with Crippen molar-refractivity contribution < 1.29 is 9.13 Å². The SMILES string of the molecule is CC1CC(n2c(CCl)nc3ccc(F)cc32)CCO1. The van der Waals surface area contributed by atoms with Crippen LogP contribution in [0.3, 0.4) is 0 Å². The average molecular weight is 283 g/mol. The van der Waals surface area contributed by atoms with Crippen LogP contribution in [0.15, 0.2) is 18.2 Å². The fourth-order valence-corrected chi connectivity index (χ4v) is 3.02. The lowest BCUT2D eigenvalue weighted by Crippen LogP contribution is -2.26. The summed E-state index contributed by atoms with van der Waals surface area (Å²) >= 11 is 5.99. The van der Waals surface area contributed by atoms with Gasteiger partial charge in [-0.05, 0) is 38.0 Å². The second kappa shape index (κ2) is 5.10. The Kier molecular flexibility index (Phi) is 3.46. The van der Waals surface area contributed by atoms with Gasteiger partial charge in [-0.1, -0.05) is 0 Å². The van der Waals surface area contributed by atoms with Gasteiger partial charge in [0.25, 0.3) is 0 Å². The van der Waals surface area contributed by atoms with Gasteiger partial charge in [-0.15, -0.1) is 11.6 Å². The Morgan fingerprint density at radius 2 is 2.37 bits per heavy atom. The van der Waals surface area contributed by atoms with E-state index < -0.39 is 0 Å². The molecule has 1 aliphatic rings. The van der Waals surface area contributed by atoms with Crippen LogP contribution in [0.2, 0.25) is 0 Å². The Hall–Kier alpha value is -1.13. The number of ether oxygens (including phenoxy) is 1. The molecule has 2 atom stereocenters. The van der Waals surface area contributed by atoms with Gasteiger partial charge in [0, 0.05) is 12.6 Å². The Bertz CT molecular complexity index is 598. The van der Waals surface area contributed by atoms with Gasteiger partial charge in [-0.2, -0.15) is 0 Å². The van der Waals surface area contributed by atoms with E-state index in [0.717, 1.165) is 36.3 Å². The monoisotopic (exact) mass is 282 g/mol. The van der Waals surface area contributed by atoms with Crippen molar-refractivity contribution in [2.75, 3.05) is 6.61 Å². The van der Waals surface area contributed by atoms with E-state index >= 15 is 0 Å². The predicted octanol–water partition coefficient (Wildman–Crippen LogP) is 3.65. The van der Waals surface area contributed by atoms with Gasteiger partial charge in [0.15, 0.2) is 0 Å².